The summed E-state index contributed by atoms with van der Waals surface area (Å²) in [6.45, 7) is 1.88. The summed E-state index contributed by atoms with van der Waals surface area (Å²) in [5, 5.41) is 8.34. The van der Waals surface area contributed by atoms with Crippen LogP contribution in [0.3, 0.4) is 0 Å². The van der Waals surface area contributed by atoms with E-state index in [1.807, 2.05) is 19.1 Å². The predicted molar refractivity (Wildman–Crippen MR) is 50.2 cm³/mol. The van der Waals surface area contributed by atoms with E-state index >= 15 is 0 Å². The number of hydrogen-bond acceptors (Lipinski definition) is 3. The zero-order chi connectivity index (χ0) is 9.68. The molecule has 0 atom stereocenters. The van der Waals surface area contributed by atoms with E-state index in [0.29, 0.717) is 5.88 Å². The van der Waals surface area contributed by atoms with Gasteiger partial charge in [0.05, 0.1) is 13.2 Å². The molecule has 0 aromatic carbocycles. The minimum Gasteiger partial charge on any atom is -0.481 e. The summed E-state index contributed by atoms with van der Waals surface area (Å²) < 4.78 is 4.99. The van der Waals surface area contributed by atoms with Crippen molar-refractivity contribution in [2.75, 3.05) is 7.11 Å². The van der Waals surface area contributed by atoms with Crippen molar-refractivity contribution >= 4 is 6.08 Å². The van der Waals surface area contributed by atoms with Crippen LogP contribution < -0.4 is 4.74 Å². The summed E-state index contributed by atoms with van der Waals surface area (Å²) in [5.74, 6) is 0.567. The van der Waals surface area contributed by atoms with Gasteiger partial charge in [0.15, 0.2) is 0 Å². The molecule has 1 aromatic rings. The minimum absolute atomic E-state index is 0.567. The maximum Gasteiger partial charge on any atom is 0.213 e. The molecule has 0 aliphatic rings. The van der Waals surface area contributed by atoms with Gasteiger partial charge in [0.2, 0.25) is 5.88 Å². The van der Waals surface area contributed by atoms with Gasteiger partial charge in [0.25, 0.3) is 0 Å². The van der Waals surface area contributed by atoms with Crippen LogP contribution in [0.5, 0.6) is 5.88 Å². The number of nitrogens with zero attached hydrogens (tertiary/aromatic N) is 2. The highest BCUT2D eigenvalue weighted by atomic mass is 16.5. The van der Waals surface area contributed by atoms with Crippen LogP contribution >= 0.6 is 0 Å². The van der Waals surface area contributed by atoms with Gasteiger partial charge in [-0.3, -0.25) is 0 Å². The topological polar surface area (TPSA) is 45.9 Å². The smallest absolute Gasteiger partial charge is 0.213 e. The van der Waals surface area contributed by atoms with Crippen LogP contribution in [0, 0.1) is 18.3 Å². The molecule has 66 valence electrons. The summed E-state index contributed by atoms with van der Waals surface area (Å²) in [4.78, 5) is 4.12. The molecule has 1 aromatic heterocycles. The maximum absolute atomic E-state index is 8.34. The molecule has 0 amide bonds. The first-order valence-electron chi connectivity index (χ1n) is 3.85. The molecule has 13 heavy (non-hydrogen) atoms. The average molecular weight is 174 g/mol. The zero-order valence-electron chi connectivity index (χ0n) is 7.61. The second-order valence-electron chi connectivity index (χ2n) is 2.55. The Morgan fingerprint density at radius 2 is 2.31 bits per heavy atom. The van der Waals surface area contributed by atoms with E-state index in [1.165, 1.54) is 6.08 Å². The third-order valence-electron chi connectivity index (χ3n) is 1.51. The molecule has 0 spiro atoms. The van der Waals surface area contributed by atoms with Gasteiger partial charge in [-0.25, -0.2) is 4.98 Å². The predicted octanol–water partition coefficient (Wildman–Crippen LogP) is 1.94. The van der Waals surface area contributed by atoms with Crippen LogP contribution in [0.4, 0.5) is 0 Å². The minimum atomic E-state index is 0.567. The van der Waals surface area contributed by atoms with Gasteiger partial charge >= 0.3 is 0 Å². The van der Waals surface area contributed by atoms with Crippen LogP contribution in [0.25, 0.3) is 6.08 Å². The number of aromatic nitrogens is 1. The fourth-order valence-corrected chi connectivity index (χ4v) is 0.998. The van der Waals surface area contributed by atoms with Crippen molar-refractivity contribution in [2.45, 2.75) is 6.92 Å². The molecule has 1 heterocycles. The number of ether oxygens (including phenoxy) is 1. The summed E-state index contributed by atoms with van der Waals surface area (Å²) in [6, 6.07) is 5.60. The molecule has 0 saturated carbocycles. The monoisotopic (exact) mass is 174 g/mol. The number of aryl methyl sites for hydroxylation is 1. The highest BCUT2D eigenvalue weighted by Crippen LogP contribution is 2.12. The lowest BCUT2D eigenvalue weighted by molar-refractivity contribution is 0.397. The van der Waals surface area contributed by atoms with E-state index in [2.05, 4.69) is 4.98 Å². The second-order valence-corrected chi connectivity index (χ2v) is 2.55. The van der Waals surface area contributed by atoms with Crippen LogP contribution in [0.1, 0.15) is 11.3 Å². The molecule has 0 N–H and O–H groups in total. The van der Waals surface area contributed by atoms with Crippen molar-refractivity contribution < 1.29 is 4.74 Å². The fourth-order valence-electron chi connectivity index (χ4n) is 0.998. The lowest BCUT2D eigenvalue weighted by atomic mass is 10.2. The number of pyridine rings is 1. The Labute approximate surface area is 77.3 Å². The number of nitriles is 1. The standard InChI is InChI=1S/C10H10N2O/c1-8-6-9(4-3-5-11)7-10(12-8)13-2/h3-4,6-7H,1-2H3/b4-3+. The lowest BCUT2D eigenvalue weighted by Crippen LogP contribution is -1.90. The molecule has 0 radical (unpaired) electrons. The quantitative estimate of drug-likeness (QED) is 0.643. The van der Waals surface area contributed by atoms with E-state index in [9.17, 15) is 0 Å². The Kier molecular flexibility index (Phi) is 3.04. The summed E-state index contributed by atoms with van der Waals surface area (Å²) in [6.07, 6.45) is 3.14. The van der Waals surface area contributed by atoms with E-state index in [1.54, 1.807) is 19.3 Å². The van der Waals surface area contributed by atoms with Gasteiger partial charge < -0.3 is 4.74 Å². The molecule has 0 aliphatic carbocycles. The van der Waals surface area contributed by atoms with Crippen molar-refractivity contribution in [3.8, 4) is 11.9 Å². The van der Waals surface area contributed by atoms with Gasteiger partial charge in [-0.05, 0) is 24.6 Å². The number of allylic oxidation sites excluding steroid dienone is 1. The Bertz CT molecular complexity index is 364. The maximum atomic E-state index is 8.34. The fraction of sp³-hybridized carbons (Fsp3) is 0.200. The van der Waals surface area contributed by atoms with E-state index in [0.717, 1.165) is 11.3 Å². The molecule has 0 aliphatic heterocycles. The van der Waals surface area contributed by atoms with Crippen molar-refractivity contribution in [1.29, 1.82) is 5.26 Å². The Morgan fingerprint density at radius 1 is 1.54 bits per heavy atom. The van der Waals surface area contributed by atoms with E-state index in [-0.39, 0.29) is 0 Å². The Hall–Kier alpha value is -1.82. The van der Waals surface area contributed by atoms with Crippen LogP contribution in [0.2, 0.25) is 0 Å². The van der Waals surface area contributed by atoms with Crippen LogP contribution in [-0.4, -0.2) is 12.1 Å². The van der Waals surface area contributed by atoms with Crippen molar-refractivity contribution in [1.82, 2.24) is 4.98 Å². The molecule has 0 fully saturated rings. The number of hydrogen-bond donors (Lipinski definition) is 0. The third-order valence-corrected chi connectivity index (χ3v) is 1.51. The van der Waals surface area contributed by atoms with Gasteiger partial charge in [0.1, 0.15) is 0 Å². The van der Waals surface area contributed by atoms with E-state index < -0.39 is 0 Å². The summed E-state index contributed by atoms with van der Waals surface area (Å²) in [5.41, 5.74) is 1.79. The molecule has 1 rings (SSSR count). The first-order chi connectivity index (χ1) is 6.26. The largest absolute Gasteiger partial charge is 0.481 e. The molecular formula is C10H10N2O. The average Bonchev–Trinajstić information content (AvgIpc) is 2.14. The molecular weight excluding hydrogens is 164 g/mol. The third kappa shape index (κ3) is 2.60. The second kappa shape index (κ2) is 4.27. The molecule has 0 bridgehead atoms. The Balaban J connectivity index is 3.03. The van der Waals surface area contributed by atoms with Crippen LogP contribution in [0.15, 0.2) is 18.2 Å². The highest BCUT2D eigenvalue weighted by Gasteiger charge is 1.96. The van der Waals surface area contributed by atoms with Gasteiger partial charge in [-0.1, -0.05) is 0 Å². The summed E-state index contributed by atoms with van der Waals surface area (Å²) in [7, 11) is 1.57. The van der Waals surface area contributed by atoms with Gasteiger partial charge in [0, 0.05) is 17.8 Å². The first-order valence-corrected chi connectivity index (χ1v) is 3.85. The van der Waals surface area contributed by atoms with Gasteiger partial charge in [-0.2, -0.15) is 5.26 Å². The Morgan fingerprint density at radius 3 is 2.92 bits per heavy atom. The highest BCUT2D eigenvalue weighted by molar-refractivity contribution is 5.53. The lowest BCUT2D eigenvalue weighted by Gasteiger charge is -2.01. The molecule has 3 nitrogen and oxygen atoms in total. The SMILES string of the molecule is COc1cc(/C=C/C#N)cc(C)n1. The number of methoxy groups -OCH3 is 1. The normalized spacial score (nSPS) is 9.92. The van der Waals surface area contributed by atoms with Crippen LogP contribution in [-0.2, 0) is 0 Å². The first kappa shape index (κ1) is 9.27. The number of rotatable bonds is 2. The molecule has 3 heteroatoms. The molecule has 0 unspecified atom stereocenters. The van der Waals surface area contributed by atoms with E-state index in [4.69, 9.17) is 10.00 Å². The zero-order valence-corrected chi connectivity index (χ0v) is 7.61. The summed E-state index contributed by atoms with van der Waals surface area (Å²) >= 11 is 0. The van der Waals surface area contributed by atoms with Crippen molar-refractivity contribution in [3.63, 3.8) is 0 Å². The van der Waals surface area contributed by atoms with Gasteiger partial charge in [-0.15, -0.1) is 0 Å². The molecule has 0 saturated heterocycles. The van der Waals surface area contributed by atoms with Crippen molar-refractivity contribution in [2.24, 2.45) is 0 Å². The van der Waals surface area contributed by atoms with Crippen molar-refractivity contribution in [3.05, 3.63) is 29.5 Å².